The summed E-state index contributed by atoms with van der Waals surface area (Å²) in [6.07, 6.45) is 1.80. The molecule has 0 amide bonds. The Labute approximate surface area is 105 Å². The summed E-state index contributed by atoms with van der Waals surface area (Å²) in [7, 11) is 0. The molecule has 4 heteroatoms. The lowest BCUT2D eigenvalue weighted by atomic mass is 9.99. The summed E-state index contributed by atoms with van der Waals surface area (Å²) in [5.74, 6) is 0. The highest BCUT2D eigenvalue weighted by atomic mass is 15.3. The first-order valence-electron chi connectivity index (χ1n) is 6.65. The maximum absolute atomic E-state index is 8.84. The lowest BCUT2D eigenvalue weighted by Crippen LogP contribution is -2.51. The SMILES string of the molecule is CCN1CCN(CCCC(C)(N)C#N)CC1C. The Kier molecular flexibility index (Phi) is 5.38. The molecule has 2 N–H and O–H groups in total. The smallest absolute Gasteiger partial charge is 0.101 e. The Balaban J connectivity index is 2.24. The number of hydrogen-bond acceptors (Lipinski definition) is 4. The third-order valence-corrected chi connectivity index (χ3v) is 3.68. The van der Waals surface area contributed by atoms with E-state index in [-0.39, 0.29) is 0 Å². The minimum Gasteiger partial charge on any atom is -0.314 e. The molecule has 0 aromatic carbocycles. The molecule has 0 spiro atoms. The van der Waals surface area contributed by atoms with Crippen LogP contribution in [0.3, 0.4) is 0 Å². The second kappa shape index (κ2) is 6.34. The lowest BCUT2D eigenvalue weighted by molar-refractivity contribution is 0.0863. The fourth-order valence-electron chi connectivity index (χ4n) is 2.47. The fourth-order valence-corrected chi connectivity index (χ4v) is 2.47. The van der Waals surface area contributed by atoms with E-state index in [0.717, 1.165) is 45.6 Å². The summed E-state index contributed by atoms with van der Waals surface area (Å²) >= 11 is 0. The van der Waals surface area contributed by atoms with Gasteiger partial charge in [0, 0.05) is 25.7 Å². The monoisotopic (exact) mass is 238 g/mol. The first-order chi connectivity index (χ1) is 7.98. The van der Waals surface area contributed by atoms with Crippen LogP contribution in [0.1, 0.15) is 33.6 Å². The molecule has 2 unspecified atom stereocenters. The minimum atomic E-state index is -0.656. The van der Waals surface area contributed by atoms with Gasteiger partial charge in [-0.05, 0) is 39.8 Å². The molecule has 1 fully saturated rings. The Morgan fingerprint density at radius 1 is 1.47 bits per heavy atom. The van der Waals surface area contributed by atoms with Crippen molar-refractivity contribution < 1.29 is 0 Å². The minimum absolute atomic E-state index is 0.647. The summed E-state index contributed by atoms with van der Waals surface area (Å²) in [5, 5.41) is 8.84. The van der Waals surface area contributed by atoms with Gasteiger partial charge in [-0.3, -0.25) is 4.90 Å². The first-order valence-corrected chi connectivity index (χ1v) is 6.65. The van der Waals surface area contributed by atoms with Gasteiger partial charge in [-0.1, -0.05) is 6.92 Å². The molecule has 1 heterocycles. The van der Waals surface area contributed by atoms with Crippen molar-refractivity contribution >= 4 is 0 Å². The van der Waals surface area contributed by atoms with Crippen molar-refractivity contribution in [1.82, 2.24) is 9.80 Å². The van der Waals surface area contributed by atoms with E-state index >= 15 is 0 Å². The highest BCUT2D eigenvalue weighted by molar-refractivity contribution is 5.00. The average Bonchev–Trinajstić information content (AvgIpc) is 2.29. The van der Waals surface area contributed by atoms with Gasteiger partial charge < -0.3 is 10.6 Å². The van der Waals surface area contributed by atoms with Gasteiger partial charge in [-0.2, -0.15) is 5.26 Å². The topological polar surface area (TPSA) is 56.3 Å². The quantitative estimate of drug-likeness (QED) is 0.777. The van der Waals surface area contributed by atoms with Crippen LogP contribution in [0.2, 0.25) is 0 Å². The van der Waals surface area contributed by atoms with Crippen molar-refractivity contribution in [1.29, 1.82) is 5.26 Å². The van der Waals surface area contributed by atoms with Crippen LogP contribution in [0, 0.1) is 11.3 Å². The highest BCUT2D eigenvalue weighted by Crippen LogP contribution is 2.12. The predicted octanol–water partition coefficient (Wildman–Crippen LogP) is 1.03. The summed E-state index contributed by atoms with van der Waals surface area (Å²) in [5.41, 5.74) is 5.16. The number of likely N-dealkylation sites (N-methyl/N-ethyl adjacent to an activating group) is 1. The number of piperazine rings is 1. The standard InChI is InChI=1S/C13H26N4/c1-4-17-9-8-16(10-12(17)2)7-5-6-13(3,15)11-14/h12H,4-10,15H2,1-3H3. The zero-order chi connectivity index (χ0) is 12.9. The van der Waals surface area contributed by atoms with Gasteiger partial charge in [-0.25, -0.2) is 0 Å². The molecule has 0 aliphatic carbocycles. The fraction of sp³-hybridized carbons (Fsp3) is 0.923. The molecular formula is C13H26N4. The third kappa shape index (κ3) is 4.63. The summed E-state index contributed by atoms with van der Waals surface area (Å²) < 4.78 is 0. The average molecular weight is 238 g/mol. The summed E-state index contributed by atoms with van der Waals surface area (Å²) in [4.78, 5) is 5.00. The number of rotatable bonds is 5. The first kappa shape index (κ1) is 14.4. The maximum atomic E-state index is 8.84. The van der Waals surface area contributed by atoms with Crippen LogP contribution in [-0.4, -0.2) is 54.1 Å². The van der Waals surface area contributed by atoms with Crippen LogP contribution in [0.25, 0.3) is 0 Å². The van der Waals surface area contributed by atoms with Gasteiger partial charge in [0.15, 0.2) is 0 Å². The Morgan fingerprint density at radius 3 is 2.71 bits per heavy atom. The van der Waals surface area contributed by atoms with Gasteiger partial charge in [-0.15, -0.1) is 0 Å². The largest absolute Gasteiger partial charge is 0.314 e. The third-order valence-electron chi connectivity index (χ3n) is 3.68. The number of nitrogens with zero attached hydrogens (tertiary/aromatic N) is 3. The van der Waals surface area contributed by atoms with Gasteiger partial charge in [0.1, 0.15) is 5.54 Å². The Morgan fingerprint density at radius 2 is 2.18 bits per heavy atom. The molecule has 0 aromatic rings. The van der Waals surface area contributed by atoms with Gasteiger partial charge >= 0.3 is 0 Å². The molecule has 0 saturated carbocycles. The molecule has 0 bridgehead atoms. The van der Waals surface area contributed by atoms with Crippen LogP contribution in [-0.2, 0) is 0 Å². The van der Waals surface area contributed by atoms with Crippen molar-refractivity contribution in [3.05, 3.63) is 0 Å². The normalized spacial score (nSPS) is 26.4. The van der Waals surface area contributed by atoms with Crippen LogP contribution in [0.4, 0.5) is 0 Å². The molecule has 1 rings (SSSR count). The van der Waals surface area contributed by atoms with Gasteiger partial charge in [0.05, 0.1) is 6.07 Å². The van der Waals surface area contributed by atoms with Crippen LogP contribution in [0.15, 0.2) is 0 Å². The molecule has 98 valence electrons. The molecule has 0 aromatic heterocycles. The van der Waals surface area contributed by atoms with E-state index in [2.05, 4.69) is 29.7 Å². The van der Waals surface area contributed by atoms with E-state index in [1.165, 1.54) is 0 Å². The Bertz CT molecular complexity index is 269. The van der Waals surface area contributed by atoms with E-state index in [1.54, 1.807) is 0 Å². The number of nitrogens with two attached hydrogens (primary N) is 1. The number of nitriles is 1. The zero-order valence-corrected chi connectivity index (χ0v) is 11.4. The second-order valence-electron chi connectivity index (χ2n) is 5.41. The highest BCUT2D eigenvalue weighted by Gasteiger charge is 2.23. The van der Waals surface area contributed by atoms with Crippen molar-refractivity contribution in [3.63, 3.8) is 0 Å². The second-order valence-corrected chi connectivity index (χ2v) is 5.41. The number of hydrogen-bond donors (Lipinski definition) is 1. The molecule has 0 radical (unpaired) electrons. The van der Waals surface area contributed by atoms with E-state index in [1.807, 2.05) is 6.92 Å². The Hall–Kier alpha value is -0.630. The van der Waals surface area contributed by atoms with Crippen LogP contribution in [0.5, 0.6) is 0 Å². The van der Waals surface area contributed by atoms with E-state index < -0.39 is 5.54 Å². The van der Waals surface area contributed by atoms with Crippen molar-refractivity contribution in [3.8, 4) is 6.07 Å². The zero-order valence-electron chi connectivity index (χ0n) is 11.4. The summed E-state index contributed by atoms with van der Waals surface area (Å²) in [6, 6.07) is 2.80. The van der Waals surface area contributed by atoms with Gasteiger partial charge in [0.2, 0.25) is 0 Å². The van der Waals surface area contributed by atoms with E-state index in [0.29, 0.717) is 6.04 Å². The molecule has 4 nitrogen and oxygen atoms in total. The molecule has 1 aliphatic heterocycles. The predicted molar refractivity (Wildman–Crippen MR) is 70.6 cm³/mol. The molecule has 1 aliphatic rings. The lowest BCUT2D eigenvalue weighted by Gasteiger charge is -2.39. The molecule has 2 atom stereocenters. The van der Waals surface area contributed by atoms with Crippen molar-refractivity contribution in [2.24, 2.45) is 5.73 Å². The molecule has 17 heavy (non-hydrogen) atoms. The van der Waals surface area contributed by atoms with E-state index in [4.69, 9.17) is 11.0 Å². The maximum Gasteiger partial charge on any atom is 0.101 e. The summed E-state index contributed by atoms with van der Waals surface area (Å²) in [6.45, 7) is 12.0. The van der Waals surface area contributed by atoms with Crippen molar-refractivity contribution in [2.45, 2.75) is 45.2 Å². The molecule has 1 saturated heterocycles. The van der Waals surface area contributed by atoms with E-state index in [9.17, 15) is 0 Å². The van der Waals surface area contributed by atoms with Crippen LogP contribution < -0.4 is 5.73 Å². The van der Waals surface area contributed by atoms with Crippen molar-refractivity contribution in [2.75, 3.05) is 32.7 Å². The molecular weight excluding hydrogens is 212 g/mol. The van der Waals surface area contributed by atoms with Gasteiger partial charge in [0.25, 0.3) is 0 Å². The van der Waals surface area contributed by atoms with Crippen LogP contribution >= 0.6 is 0 Å².